The molecule has 5 aromatic carbocycles. The van der Waals surface area contributed by atoms with Crippen LogP contribution in [0.2, 0.25) is 0 Å². The minimum absolute atomic E-state index is 0.241. The topological polar surface area (TPSA) is 57.3 Å². The van der Waals surface area contributed by atoms with Crippen LogP contribution in [0.15, 0.2) is 99.9 Å². The van der Waals surface area contributed by atoms with E-state index in [0.717, 1.165) is 48.7 Å². The molecule has 0 amide bonds. The number of rotatable bonds is 1. The van der Waals surface area contributed by atoms with Gasteiger partial charge in [-0.05, 0) is 22.9 Å². The number of fused-ring (bicyclic) bond motifs is 7. The van der Waals surface area contributed by atoms with Gasteiger partial charge in [0.2, 0.25) is 0 Å². The van der Waals surface area contributed by atoms with Crippen molar-refractivity contribution in [2.45, 2.75) is 0 Å². The predicted molar refractivity (Wildman–Crippen MR) is 116 cm³/mol. The fourth-order valence-corrected chi connectivity index (χ4v) is 4.08. The Morgan fingerprint density at radius 3 is 1.59 bits per heavy atom. The van der Waals surface area contributed by atoms with E-state index in [2.05, 4.69) is 24.3 Å². The standard InChI is InChI=1S/C25H15N3O/c29-22-14-13-21(17-9-3-4-10-18(17)22)26-25-27-23-19-11-5-1-7-15(19)16-8-2-6-12-20(16)24(23)28-25/h1-14,29H. The molecule has 6 rings (SSSR count). The van der Waals surface area contributed by atoms with Crippen LogP contribution >= 0.6 is 0 Å². The van der Waals surface area contributed by atoms with E-state index in [4.69, 9.17) is 15.0 Å². The highest BCUT2D eigenvalue weighted by molar-refractivity contribution is 6.08. The summed E-state index contributed by atoms with van der Waals surface area (Å²) in [7, 11) is 0. The van der Waals surface area contributed by atoms with Gasteiger partial charge in [-0.15, -0.1) is 0 Å². The third-order valence-electron chi connectivity index (χ3n) is 5.40. The predicted octanol–water partition coefficient (Wildman–Crippen LogP) is 4.79. The van der Waals surface area contributed by atoms with Gasteiger partial charge in [0.1, 0.15) is 16.5 Å². The van der Waals surface area contributed by atoms with Crippen LogP contribution in [0.5, 0.6) is 5.75 Å². The minimum atomic E-state index is 0.241. The Balaban J connectivity index is 1.68. The number of phenolic OH excluding ortho intramolecular Hbond substituents is 1. The molecule has 0 spiro atoms. The fourth-order valence-electron chi connectivity index (χ4n) is 4.08. The summed E-state index contributed by atoms with van der Waals surface area (Å²) in [6.45, 7) is 0. The van der Waals surface area contributed by atoms with E-state index in [1.54, 1.807) is 12.1 Å². The lowest BCUT2D eigenvalue weighted by atomic mass is 10.0. The van der Waals surface area contributed by atoms with Crippen LogP contribution in [0.4, 0.5) is 5.69 Å². The molecule has 1 aliphatic heterocycles. The van der Waals surface area contributed by atoms with Gasteiger partial charge in [0.25, 0.3) is 5.96 Å². The van der Waals surface area contributed by atoms with Crippen molar-refractivity contribution in [1.29, 1.82) is 0 Å². The zero-order valence-corrected chi connectivity index (χ0v) is 15.4. The molecule has 0 bridgehead atoms. The van der Waals surface area contributed by atoms with E-state index in [1.807, 2.05) is 48.5 Å². The average Bonchev–Trinajstić information content (AvgIpc) is 3.20. The lowest BCUT2D eigenvalue weighted by molar-refractivity contribution is 0.481. The summed E-state index contributed by atoms with van der Waals surface area (Å²) in [5, 5.41) is 18.0. The normalized spacial score (nSPS) is 12.8. The zero-order chi connectivity index (χ0) is 19.4. The molecule has 0 saturated carbocycles. The van der Waals surface area contributed by atoms with Crippen molar-refractivity contribution < 1.29 is 5.11 Å². The first-order valence-corrected chi connectivity index (χ1v) is 9.46. The number of phenols is 1. The van der Waals surface area contributed by atoms with Gasteiger partial charge in [-0.3, -0.25) is 0 Å². The Hall–Kier alpha value is -4.05. The Morgan fingerprint density at radius 1 is 0.517 bits per heavy atom. The maximum Gasteiger partial charge on any atom is 0.251 e. The molecule has 4 nitrogen and oxygen atoms in total. The molecule has 1 N–H and O–H groups in total. The van der Waals surface area contributed by atoms with E-state index >= 15 is 0 Å². The Bertz CT molecular complexity index is 1540. The van der Waals surface area contributed by atoms with Crippen LogP contribution in [0.3, 0.4) is 0 Å². The van der Waals surface area contributed by atoms with E-state index < -0.39 is 0 Å². The van der Waals surface area contributed by atoms with Gasteiger partial charge in [-0.2, -0.15) is 0 Å². The quantitative estimate of drug-likeness (QED) is 0.422. The first-order chi connectivity index (χ1) is 14.3. The van der Waals surface area contributed by atoms with E-state index in [-0.39, 0.29) is 5.75 Å². The number of benzene rings is 5. The molecule has 0 atom stereocenters. The lowest BCUT2D eigenvalue weighted by Crippen LogP contribution is -2.23. The van der Waals surface area contributed by atoms with Gasteiger partial charge in [-0.1, -0.05) is 72.8 Å². The summed E-state index contributed by atoms with van der Waals surface area (Å²) in [6, 6.07) is 27.7. The molecule has 0 aliphatic carbocycles. The van der Waals surface area contributed by atoms with Gasteiger partial charge in [0.05, 0.1) is 5.69 Å². The Labute approximate surface area is 165 Å². The molecule has 0 saturated heterocycles. The van der Waals surface area contributed by atoms with Crippen LogP contribution in [-0.2, 0) is 0 Å². The van der Waals surface area contributed by atoms with Crippen LogP contribution in [0.1, 0.15) is 0 Å². The number of nitrogens with zero attached hydrogens (tertiary/aromatic N) is 3. The fraction of sp³-hybridized carbons (Fsp3) is 0. The largest absolute Gasteiger partial charge is 0.507 e. The first-order valence-electron chi connectivity index (χ1n) is 9.46. The molecular weight excluding hydrogens is 358 g/mol. The smallest absolute Gasteiger partial charge is 0.251 e. The van der Waals surface area contributed by atoms with E-state index in [1.165, 1.54) is 0 Å². The maximum absolute atomic E-state index is 10.1. The van der Waals surface area contributed by atoms with Crippen molar-refractivity contribution in [3.63, 3.8) is 0 Å². The summed E-state index contributed by atoms with van der Waals surface area (Å²) < 4.78 is 0. The van der Waals surface area contributed by atoms with Crippen LogP contribution < -0.4 is 10.7 Å². The Morgan fingerprint density at radius 2 is 1.00 bits per heavy atom. The van der Waals surface area contributed by atoms with Gasteiger partial charge in [-0.25, -0.2) is 15.0 Å². The molecule has 0 aromatic heterocycles. The minimum Gasteiger partial charge on any atom is -0.507 e. The van der Waals surface area contributed by atoms with Crippen molar-refractivity contribution in [1.82, 2.24) is 0 Å². The molecule has 1 heterocycles. The third-order valence-corrected chi connectivity index (χ3v) is 5.40. The molecule has 1 aliphatic rings. The number of aliphatic imine (C=N–C) groups is 1. The van der Waals surface area contributed by atoms with Crippen molar-refractivity contribution in [3.8, 4) is 5.75 Å². The SMILES string of the molecule is Oc1ccc(N=C2N=c3c(c4ccccc4c4ccccc34)=N2)c2ccccc12. The molecule has 0 fully saturated rings. The summed E-state index contributed by atoms with van der Waals surface area (Å²) in [6.07, 6.45) is 0. The van der Waals surface area contributed by atoms with Crippen molar-refractivity contribution >= 4 is 44.0 Å². The monoisotopic (exact) mass is 373 g/mol. The molecule has 0 unspecified atom stereocenters. The second kappa shape index (κ2) is 5.97. The highest BCUT2D eigenvalue weighted by Gasteiger charge is 2.13. The molecule has 0 radical (unpaired) electrons. The van der Waals surface area contributed by atoms with Crippen LogP contribution in [-0.4, -0.2) is 11.1 Å². The Kier molecular flexibility index (Phi) is 3.29. The van der Waals surface area contributed by atoms with Crippen molar-refractivity contribution in [2.24, 2.45) is 15.0 Å². The number of hydrogen-bond acceptors (Lipinski definition) is 2. The van der Waals surface area contributed by atoms with Gasteiger partial charge < -0.3 is 5.11 Å². The van der Waals surface area contributed by atoms with Crippen LogP contribution in [0, 0.1) is 0 Å². The highest BCUT2D eigenvalue weighted by Crippen LogP contribution is 2.32. The summed E-state index contributed by atoms with van der Waals surface area (Å²) in [5.74, 6) is 0.669. The molecule has 4 heteroatoms. The maximum atomic E-state index is 10.1. The number of aromatic hydroxyl groups is 1. The summed E-state index contributed by atoms with van der Waals surface area (Å²) in [5.41, 5.74) is 0.738. The zero-order valence-electron chi connectivity index (χ0n) is 15.4. The number of guanidine groups is 1. The van der Waals surface area contributed by atoms with Crippen LogP contribution in [0.25, 0.3) is 32.3 Å². The molecule has 136 valence electrons. The molecule has 29 heavy (non-hydrogen) atoms. The summed E-state index contributed by atoms with van der Waals surface area (Å²) in [4.78, 5) is 14.3. The van der Waals surface area contributed by atoms with E-state index in [0.29, 0.717) is 5.96 Å². The molecular formula is C25H15N3O. The van der Waals surface area contributed by atoms with Crippen molar-refractivity contribution in [3.05, 3.63) is 95.6 Å². The average molecular weight is 373 g/mol. The second-order valence-electron chi connectivity index (χ2n) is 7.07. The lowest BCUT2D eigenvalue weighted by Gasteiger charge is -2.03. The van der Waals surface area contributed by atoms with Crippen molar-refractivity contribution in [2.75, 3.05) is 0 Å². The molecule has 5 aromatic rings. The van der Waals surface area contributed by atoms with Gasteiger partial charge in [0.15, 0.2) is 0 Å². The summed E-state index contributed by atoms with van der Waals surface area (Å²) >= 11 is 0. The highest BCUT2D eigenvalue weighted by atomic mass is 16.3. The van der Waals surface area contributed by atoms with E-state index in [9.17, 15) is 5.11 Å². The van der Waals surface area contributed by atoms with Gasteiger partial charge in [0, 0.05) is 21.5 Å². The first kappa shape index (κ1) is 16.0. The second-order valence-corrected chi connectivity index (χ2v) is 7.07. The van der Waals surface area contributed by atoms with Gasteiger partial charge >= 0.3 is 0 Å². The number of hydrogen-bond donors (Lipinski definition) is 1. The third kappa shape index (κ3) is 2.36.